The largest absolute Gasteiger partial charge is 0.312 e. The van der Waals surface area contributed by atoms with Crippen molar-refractivity contribution in [2.75, 3.05) is 6.54 Å². The van der Waals surface area contributed by atoms with Gasteiger partial charge in [-0.2, -0.15) is 0 Å². The van der Waals surface area contributed by atoms with Crippen LogP contribution in [0.4, 0.5) is 4.39 Å². The third-order valence-corrected chi connectivity index (χ3v) is 3.68. The third kappa shape index (κ3) is 4.11. The topological polar surface area (TPSA) is 12.0 Å². The first-order valence-corrected chi connectivity index (χ1v) is 6.68. The molecule has 0 radical (unpaired) electrons. The normalized spacial score (nSPS) is 10.7. The fourth-order valence-electron chi connectivity index (χ4n) is 1.58. The number of nitrogens with one attached hydrogen (secondary N) is 1. The van der Waals surface area contributed by atoms with Crippen molar-refractivity contribution in [3.63, 3.8) is 0 Å². The quantitative estimate of drug-likeness (QED) is 0.813. The minimum atomic E-state index is -0.174. The van der Waals surface area contributed by atoms with Crippen molar-refractivity contribution in [2.24, 2.45) is 0 Å². The van der Waals surface area contributed by atoms with Crippen LogP contribution < -0.4 is 5.32 Å². The van der Waals surface area contributed by atoms with E-state index in [1.165, 1.54) is 10.9 Å². The van der Waals surface area contributed by atoms with Crippen LogP contribution in [-0.4, -0.2) is 6.54 Å². The highest BCUT2D eigenvalue weighted by molar-refractivity contribution is 7.10. The number of thiophene rings is 1. The van der Waals surface area contributed by atoms with Crippen molar-refractivity contribution in [2.45, 2.75) is 13.0 Å². The van der Waals surface area contributed by atoms with E-state index in [4.69, 9.17) is 11.6 Å². The van der Waals surface area contributed by atoms with E-state index in [0.717, 1.165) is 30.1 Å². The molecule has 0 fully saturated rings. The molecule has 1 heterocycles. The minimum absolute atomic E-state index is 0.174. The molecular formula is C13H13ClFNS. The molecule has 0 aliphatic rings. The summed E-state index contributed by atoms with van der Waals surface area (Å²) in [6, 6.07) is 8.67. The van der Waals surface area contributed by atoms with E-state index >= 15 is 0 Å². The standard InChI is InChI=1S/C13H13ClFNS/c14-11-7-13(17-9-11)8-16-5-4-10-2-1-3-12(15)6-10/h1-3,6-7,9,16H,4-5,8H2. The lowest BCUT2D eigenvalue weighted by Crippen LogP contribution is -2.15. The summed E-state index contributed by atoms with van der Waals surface area (Å²) in [5.41, 5.74) is 1.02. The monoisotopic (exact) mass is 269 g/mol. The summed E-state index contributed by atoms with van der Waals surface area (Å²) < 4.78 is 12.9. The van der Waals surface area contributed by atoms with E-state index in [2.05, 4.69) is 5.32 Å². The van der Waals surface area contributed by atoms with Gasteiger partial charge in [-0.1, -0.05) is 23.7 Å². The molecule has 0 unspecified atom stereocenters. The summed E-state index contributed by atoms with van der Waals surface area (Å²) in [5.74, 6) is -0.174. The van der Waals surface area contributed by atoms with Crippen LogP contribution in [0, 0.1) is 5.82 Å². The molecule has 0 saturated carbocycles. The van der Waals surface area contributed by atoms with E-state index in [9.17, 15) is 4.39 Å². The first kappa shape index (κ1) is 12.6. The van der Waals surface area contributed by atoms with Gasteiger partial charge < -0.3 is 5.32 Å². The van der Waals surface area contributed by atoms with Crippen LogP contribution in [0.25, 0.3) is 0 Å². The average molecular weight is 270 g/mol. The Morgan fingerprint density at radius 2 is 2.18 bits per heavy atom. The lowest BCUT2D eigenvalue weighted by atomic mass is 10.1. The fourth-order valence-corrected chi connectivity index (χ4v) is 2.63. The van der Waals surface area contributed by atoms with Crippen LogP contribution in [-0.2, 0) is 13.0 Å². The molecule has 17 heavy (non-hydrogen) atoms. The van der Waals surface area contributed by atoms with Gasteiger partial charge in [0.25, 0.3) is 0 Å². The molecule has 0 aliphatic heterocycles. The fraction of sp³-hybridized carbons (Fsp3) is 0.231. The molecule has 0 atom stereocenters. The minimum Gasteiger partial charge on any atom is -0.312 e. The molecular weight excluding hydrogens is 257 g/mol. The Morgan fingerprint density at radius 1 is 1.29 bits per heavy atom. The first-order chi connectivity index (χ1) is 8.24. The second-order valence-corrected chi connectivity index (χ2v) is 5.22. The Hall–Kier alpha value is -0.900. The van der Waals surface area contributed by atoms with E-state index in [0.29, 0.717) is 0 Å². The average Bonchev–Trinajstić information content (AvgIpc) is 2.71. The Labute approximate surface area is 109 Å². The molecule has 1 aromatic heterocycles. The first-order valence-electron chi connectivity index (χ1n) is 5.42. The van der Waals surface area contributed by atoms with Gasteiger partial charge in [-0.05, 0) is 36.7 Å². The predicted molar refractivity (Wildman–Crippen MR) is 71.1 cm³/mol. The Morgan fingerprint density at radius 3 is 2.88 bits per heavy atom. The summed E-state index contributed by atoms with van der Waals surface area (Å²) in [7, 11) is 0. The second-order valence-electron chi connectivity index (χ2n) is 3.79. The zero-order valence-electron chi connectivity index (χ0n) is 9.25. The SMILES string of the molecule is Fc1cccc(CCNCc2cc(Cl)cs2)c1. The number of halogens is 2. The van der Waals surface area contributed by atoms with Gasteiger partial charge in [0.15, 0.2) is 0 Å². The molecule has 2 aromatic rings. The number of hydrogen-bond donors (Lipinski definition) is 1. The third-order valence-electron chi connectivity index (χ3n) is 2.40. The van der Waals surface area contributed by atoms with E-state index < -0.39 is 0 Å². The molecule has 4 heteroatoms. The van der Waals surface area contributed by atoms with E-state index in [1.807, 2.05) is 17.5 Å². The molecule has 0 spiro atoms. The van der Waals surface area contributed by atoms with Crippen molar-refractivity contribution in [3.05, 3.63) is 57.0 Å². The van der Waals surface area contributed by atoms with Crippen molar-refractivity contribution >= 4 is 22.9 Å². The Kier molecular flexibility index (Phi) is 4.54. The van der Waals surface area contributed by atoms with Gasteiger partial charge in [0.2, 0.25) is 0 Å². The summed E-state index contributed by atoms with van der Waals surface area (Å²) in [5, 5.41) is 6.02. The lowest BCUT2D eigenvalue weighted by Gasteiger charge is -2.03. The Balaban J connectivity index is 1.73. The van der Waals surface area contributed by atoms with Crippen molar-refractivity contribution in [1.82, 2.24) is 5.32 Å². The van der Waals surface area contributed by atoms with Crippen LogP contribution in [0.15, 0.2) is 35.7 Å². The van der Waals surface area contributed by atoms with Crippen LogP contribution in [0.5, 0.6) is 0 Å². The zero-order chi connectivity index (χ0) is 12.1. The maximum atomic E-state index is 12.9. The molecule has 90 valence electrons. The smallest absolute Gasteiger partial charge is 0.123 e. The molecule has 0 saturated heterocycles. The number of hydrogen-bond acceptors (Lipinski definition) is 2. The Bertz CT molecular complexity index is 484. The van der Waals surface area contributed by atoms with Crippen molar-refractivity contribution in [1.29, 1.82) is 0 Å². The van der Waals surface area contributed by atoms with Gasteiger partial charge in [0, 0.05) is 16.8 Å². The molecule has 0 bridgehead atoms. The van der Waals surface area contributed by atoms with Gasteiger partial charge in [0.05, 0.1) is 5.02 Å². The van der Waals surface area contributed by atoms with E-state index in [-0.39, 0.29) is 5.82 Å². The summed E-state index contributed by atoms with van der Waals surface area (Å²) >= 11 is 7.47. The summed E-state index contributed by atoms with van der Waals surface area (Å²) in [6.07, 6.45) is 0.830. The molecule has 1 nitrogen and oxygen atoms in total. The molecule has 1 N–H and O–H groups in total. The molecule has 0 amide bonds. The predicted octanol–water partition coefficient (Wildman–Crippen LogP) is 3.87. The highest BCUT2D eigenvalue weighted by atomic mass is 35.5. The highest BCUT2D eigenvalue weighted by Crippen LogP contribution is 2.18. The van der Waals surface area contributed by atoms with E-state index in [1.54, 1.807) is 23.5 Å². The number of rotatable bonds is 5. The van der Waals surface area contributed by atoms with Gasteiger partial charge >= 0.3 is 0 Å². The van der Waals surface area contributed by atoms with Gasteiger partial charge in [-0.15, -0.1) is 11.3 Å². The second kappa shape index (κ2) is 6.15. The van der Waals surface area contributed by atoms with Crippen LogP contribution in [0.1, 0.15) is 10.4 Å². The van der Waals surface area contributed by atoms with Gasteiger partial charge in [0.1, 0.15) is 5.82 Å². The summed E-state index contributed by atoms with van der Waals surface area (Å²) in [4.78, 5) is 1.22. The maximum absolute atomic E-state index is 12.9. The molecule has 2 rings (SSSR count). The molecule has 0 aliphatic carbocycles. The summed E-state index contributed by atoms with van der Waals surface area (Å²) in [6.45, 7) is 1.64. The highest BCUT2D eigenvalue weighted by Gasteiger charge is 1.98. The van der Waals surface area contributed by atoms with Gasteiger partial charge in [-0.25, -0.2) is 4.39 Å². The van der Waals surface area contributed by atoms with Crippen LogP contribution in [0.2, 0.25) is 5.02 Å². The maximum Gasteiger partial charge on any atom is 0.123 e. The molecule has 1 aromatic carbocycles. The zero-order valence-corrected chi connectivity index (χ0v) is 10.8. The van der Waals surface area contributed by atoms with Crippen molar-refractivity contribution in [3.8, 4) is 0 Å². The van der Waals surface area contributed by atoms with Crippen molar-refractivity contribution < 1.29 is 4.39 Å². The number of benzene rings is 1. The van der Waals surface area contributed by atoms with Gasteiger partial charge in [-0.3, -0.25) is 0 Å². The lowest BCUT2D eigenvalue weighted by molar-refractivity contribution is 0.623. The van der Waals surface area contributed by atoms with Crippen LogP contribution >= 0.6 is 22.9 Å². The van der Waals surface area contributed by atoms with Crippen LogP contribution in [0.3, 0.4) is 0 Å².